The van der Waals surface area contributed by atoms with Gasteiger partial charge in [0, 0.05) is 9.11 Å². The predicted molar refractivity (Wildman–Crippen MR) is 99.4 cm³/mol. The van der Waals surface area contributed by atoms with E-state index in [-0.39, 0.29) is 29.5 Å². The maximum Gasteiger partial charge on any atom is 0.189 e. The van der Waals surface area contributed by atoms with Crippen LogP contribution in [0.1, 0.15) is 20.8 Å². The minimum Gasteiger partial charge on any atom is -0.492 e. The summed E-state index contributed by atoms with van der Waals surface area (Å²) in [4.78, 5) is 4.20. The van der Waals surface area contributed by atoms with E-state index in [1.54, 1.807) is 0 Å². The van der Waals surface area contributed by atoms with Gasteiger partial charge in [-0.1, -0.05) is 0 Å². The second-order valence-electron chi connectivity index (χ2n) is 4.94. The molecule has 3 N–H and O–H groups in total. The van der Waals surface area contributed by atoms with Gasteiger partial charge in [0.25, 0.3) is 0 Å². The average Bonchev–Trinajstić information content (AvgIpc) is 2.24. The summed E-state index contributed by atoms with van der Waals surface area (Å²) >= 11 is 2.26. The molecule has 0 amide bonds. The zero-order chi connectivity index (χ0) is 13.6. The summed E-state index contributed by atoms with van der Waals surface area (Å²) in [5.74, 6) is 1.31. The first-order valence-corrected chi connectivity index (χ1v) is 6.91. The van der Waals surface area contributed by atoms with Crippen molar-refractivity contribution < 1.29 is 4.74 Å². The number of nitrogens with one attached hydrogen (secondary N) is 1. The molecule has 0 atom stereocenters. The van der Waals surface area contributed by atoms with Crippen molar-refractivity contribution in [2.45, 2.75) is 26.3 Å². The van der Waals surface area contributed by atoms with Gasteiger partial charge in [0.15, 0.2) is 5.96 Å². The molecule has 0 heterocycles. The van der Waals surface area contributed by atoms with Crippen molar-refractivity contribution >= 4 is 52.5 Å². The Hall–Kier alpha value is -0.250. The summed E-state index contributed by atoms with van der Waals surface area (Å²) in [6, 6.07) is 7.91. The van der Waals surface area contributed by atoms with Gasteiger partial charge in [0.05, 0.1) is 6.54 Å². The number of hydrogen-bond acceptors (Lipinski definition) is 2. The standard InChI is InChI=1S/C13H20IN3O.HI/c1-13(2,3)17-12(15)16-8-9-18-11-6-4-10(14)5-7-11;/h4-7H,8-9H2,1-3H3,(H3,15,16,17);1H. The maximum absolute atomic E-state index is 5.74. The molecule has 1 aromatic carbocycles. The topological polar surface area (TPSA) is 59.6 Å². The largest absolute Gasteiger partial charge is 0.492 e. The van der Waals surface area contributed by atoms with Crippen molar-refractivity contribution in [1.29, 1.82) is 0 Å². The summed E-state index contributed by atoms with van der Waals surface area (Å²) in [6.45, 7) is 7.18. The molecule has 0 aliphatic carbocycles. The van der Waals surface area contributed by atoms with Crippen molar-refractivity contribution in [3.05, 3.63) is 27.8 Å². The Balaban J connectivity index is 0.00000324. The number of nitrogens with zero attached hydrogens (tertiary/aromatic N) is 1. The Morgan fingerprint density at radius 2 is 1.89 bits per heavy atom. The van der Waals surface area contributed by atoms with Crippen LogP contribution in [0.25, 0.3) is 0 Å². The molecular weight excluding hydrogens is 468 g/mol. The molecule has 0 saturated carbocycles. The van der Waals surface area contributed by atoms with Crippen LogP contribution in [0.4, 0.5) is 0 Å². The van der Waals surface area contributed by atoms with Gasteiger partial charge in [-0.3, -0.25) is 0 Å². The number of nitrogens with two attached hydrogens (primary N) is 1. The van der Waals surface area contributed by atoms with Crippen molar-refractivity contribution in [3.63, 3.8) is 0 Å². The smallest absolute Gasteiger partial charge is 0.189 e. The van der Waals surface area contributed by atoms with Crippen molar-refractivity contribution in [3.8, 4) is 5.75 Å². The van der Waals surface area contributed by atoms with Gasteiger partial charge in [-0.2, -0.15) is 0 Å². The third-order valence-electron chi connectivity index (χ3n) is 1.96. The molecule has 108 valence electrons. The Labute approximate surface area is 145 Å². The van der Waals surface area contributed by atoms with Crippen LogP contribution in [0.15, 0.2) is 29.3 Å². The molecule has 0 aromatic heterocycles. The molecule has 6 heteroatoms. The van der Waals surface area contributed by atoms with Crippen LogP contribution < -0.4 is 15.8 Å². The highest BCUT2D eigenvalue weighted by atomic mass is 127. The van der Waals surface area contributed by atoms with E-state index < -0.39 is 0 Å². The lowest BCUT2D eigenvalue weighted by Gasteiger charge is -2.20. The van der Waals surface area contributed by atoms with Gasteiger partial charge in [-0.05, 0) is 67.6 Å². The lowest BCUT2D eigenvalue weighted by molar-refractivity contribution is 0.328. The van der Waals surface area contributed by atoms with E-state index >= 15 is 0 Å². The van der Waals surface area contributed by atoms with E-state index in [2.05, 4.69) is 32.9 Å². The summed E-state index contributed by atoms with van der Waals surface area (Å²) in [6.07, 6.45) is 0. The van der Waals surface area contributed by atoms with Crippen LogP contribution in [0, 0.1) is 3.57 Å². The molecule has 0 spiro atoms. The number of aliphatic imine (C=N–C) groups is 1. The van der Waals surface area contributed by atoms with E-state index in [1.807, 2.05) is 45.0 Å². The van der Waals surface area contributed by atoms with E-state index in [9.17, 15) is 0 Å². The number of ether oxygens (including phenoxy) is 1. The van der Waals surface area contributed by atoms with Gasteiger partial charge in [0.1, 0.15) is 12.4 Å². The fourth-order valence-electron chi connectivity index (χ4n) is 1.28. The first-order chi connectivity index (χ1) is 8.37. The minimum atomic E-state index is -0.0649. The monoisotopic (exact) mass is 489 g/mol. The second kappa shape index (κ2) is 8.83. The molecule has 1 rings (SSSR count). The van der Waals surface area contributed by atoms with Crippen molar-refractivity contribution in [2.24, 2.45) is 10.7 Å². The molecule has 4 nitrogen and oxygen atoms in total. The zero-order valence-corrected chi connectivity index (χ0v) is 15.9. The molecule has 0 saturated heterocycles. The van der Waals surface area contributed by atoms with Crippen LogP contribution in [0.2, 0.25) is 0 Å². The van der Waals surface area contributed by atoms with Crippen LogP contribution in [-0.2, 0) is 0 Å². The summed E-state index contributed by atoms with van der Waals surface area (Å²) in [5, 5.41) is 3.10. The van der Waals surface area contributed by atoms with Crippen molar-refractivity contribution in [1.82, 2.24) is 5.32 Å². The fraction of sp³-hybridized carbons (Fsp3) is 0.462. The predicted octanol–water partition coefficient (Wildman–Crippen LogP) is 2.99. The van der Waals surface area contributed by atoms with Crippen LogP contribution >= 0.6 is 46.6 Å². The molecule has 0 bridgehead atoms. The van der Waals surface area contributed by atoms with Gasteiger partial charge in [-0.25, -0.2) is 4.99 Å². The SMILES string of the molecule is CC(C)(C)NC(N)=NCCOc1ccc(I)cc1.I. The van der Waals surface area contributed by atoms with E-state index in [4.69, 9.17) is 10.5 Å². The minimum absolute atomic E-state index is 0. The Morgan fingerprint density at radius 3 is 2.42 bits per heavy atom. The number of rotatable bonds is 4. The van der Waals surface area contributed by atoms with E-state index in [0.717, 1.165) is 5.75 Å². The Kier molecular flexibility index (Phi) is 8.71. The third-order valence-corrected chi connectivity index (χ3v) is 2.68. The third kappa shape index (κ3) is 9.31. The molecule has 0 radical (unpaired) electrons. The highest BCUT2D eigenvalue weighted by Gasteiger charge is 2.09. The van der Waals surface area contributed by atoms with Gasteiger partial charge >= 0.3 is 0 Å². The van der Waals surface area contributed by atoms with Gasteiger partial charge in [0.2, 0.25) is 0 Å². The summed E-state index contributed by atoms with van der Waals surface area (Å²) < 4.78 is 6.74. The van der Waals surface area contributed by atoms with Gasteiger partial charge in [-0.15, -0.1) is 24.0 Å². The lowest BCUT2D eigenvalue weighted by atomic mass is 10.1. The molecular formula is C13H21I2N3O. The summed E-state index contributed by atoms with van der Waals surface area (Å²) in [7, 11) is 0. The quantitative estimate of drug-likeness (QED) is 0.296. The Bertz CT molecular complexity index is 399. The van der Waals surface area contributed by atoms with Crippen LogP contribution in [-0.4, -0.2) is 24.7 Å². The number of benzene rings is 1. The second-order valence-corrected chi connectivity index (χ2v) is 6.19. The normalized spacial score (nSPS) is 11.7. The van der Waals surface area contributed by atoms with Crippen LogP contribution in [0.5, 0.6) is 5.75 Å². The molecule has 0 aliphatic heterocycles. The average molecular weight is 489 g/mol. The number of guanidine groups is 1. The number of hydrogen-bond donors (Lipinski definition) is 2. The highest BCUT2D eigenvalue weighted by molar-refractivity contribution is 14.1. The first-order valence-electron chi connectivity index (χ1n) is 5.83. The molecule has 1 aromatic rings. The molecule has 19 heavy (non-hydrogen) atoms. The fourth-order valence-corrected chi connectivity index (χ4v) is 1.64. The zero-order valence-electron chi connectivity index (χ0n) is 11.4. The van der Waals surface area contributed by atoms with E-state index in [1.165, 1.54) is 3.57 Å². The lowest BCUT2D eigenvalue weighted by Crippen LogP contribution is -2.45. The molecule has 0 aliphatic rings. The van der Waals surface area contributed by atoms with Crippen molar-refractivity contribution in [2.75, 3.05) is 13.2 Å². The molecule has 0 unspecified atom stereocenters. The number of halogens is 2. The summed E-state index contributed by atoms with van der Waals surface area (Å²) in [5.41, 5.74) is 5.68. The van der Waals surface area contributed by atoms with Gasteiger partial charge < -0.3 is 15.8 Å². The highest BCUT2D eigenvalue weighted by Crippen LogP contribution is 2.13. The van der Waals surface area contributed by atoms with E-state index in [0.29, 0.717) is 19.1 Å². The molecule has 0 fully saturated rings. The van der Waals surface area contributed by atoms with Crippen LogP contribution in [0.3, 0.4) is 0 Å². The maximum atomic E-state index is 5.74. The Morgan fingerprint density at radius 1 is 1.32 bits per heavy atom. The first kappa shape index (κ1) is 18.8.